The number of carboxylic acids is 2. The smallest absolute Gasteiger partial charge is 0.335 e. The number of hydrogen-bond donors (Lipinski definition) is 4. The van der Waals surface area contributed by atoms with Crippen LogP contribution in [-0.2, 0) is 0 Å². The van der Waals surface area contributed by atoms with Crippen LogP contribution in [0, 0.1) is 0 Å². The third kappa shape index (κ3) is 3.18. The number of pyridine rings is 1. The highest BCUT2D eigenvalue weighted by Crippen LogP contribution is 2.31. The van der Waals surface area contributed by atoms with Crippen LogP contribution in [0.15, 0.2) is 59.4 Å². The third-order valence-corrected chi connectivity index (χ3v) is 3.88. The fourth-order valence-electron chi connectivity index (χ4n) is 2.55. The van der Waals surface area contributed by atoms with Gasteiger partial charge in [0.25, 0.3) is 5.56 Å². The van der Waals surface area contributed by atoms with E-state index in [0.717, 1.165) is 0 Å². The zero-order valence-electron chi connectivity index (χ0n) is 13.3. The summed E-state index contributed by atoms with van der Waals surface area (Å²) in [6.07, 6.45) is 0. The lowest BCUT2D eigenvalue weighted by Crippen LogP contribution is -2.07. The van der Waals surface area contributed by atoms with Crippen LogP contribution >= 0.6 is 0 Å². The number of aromatic nitrogens is 1. The summed E-state index contributed by atoms with van der Waals surface area (Å²) in [5, 5.41) is 27.8. The van der Waals surface area contributed by atoms with Gasteiger partial charge < -0.3 is 20.3 Å². The molecule has 0 unspecified atom stereocenters. The van der Waals surface area contributed by atoms with Crippen molar-refractivity contribution in [3.05, 3.63) is 76.1 Å². The van der Waals surface area contributed by atoms with Gasteiger partial charge in [-0.05, 0) is 41.5 Å². The van der Waals surface area contributed by atoms with Crippen LogP contribution in [0.4, 0.5) is 0 Å². The van der Waals surface area contributed by atoms with Crippen molar-refractivity contribution in [2.24, 2.45) is 0 Å². The van der Waals surface area contributed by atoms with Gasteiger partial charge in [-0.2, -0.15) is 0 Å². The van der Waals surface area contributed by atoms with Crippen molar-refractivity contribution in [3.63, 3.8) is 0 Å². The first-order chi connectivity index (χ1) is 12.4. The van der Waals surface area contributed by atoms with Gasteiger partial charge >= 0.3 is 11.9 Å². The molecule has 2 aromatic carbocycles. The van der Waals surface area contributed by atoms with E-state index in [1.165, 1.54) is 30.3 Å². The monoisotopic (exact) mass is 351 g/mol. The lowest BCUT2D eigenvalue weighted by molar-refractivity contribution is 0.0686. The molecule has 130 valence electrons. The molecule has 0 atom stereocenters. The second-order valence-corrected chi connectivity index (χ2v) is 5.54. The highest BCUT2D eigenvalue weighted by Gasteiger charge is 2.13. The number of carboxylic acid groups (broad SMARTS) is 2. The number of hydrogen-bond acceptors (Lipinski definition) is 4. The average molecular weight is 351 g/mol. The van der Waals surface area contributed by atoms with Crippen molar-refractivity contribution in [1.82, 2.24) is 4.98 Å². The predicted octanol–water partition coefficient (Wildman–Crippen LogP) is 2.81. The summed E-state index contributed by atoms with van der Waals surface area (Å²) >= 11 is 0. The molecule has 0 saturated heterocycles. The molecule has 0 saturated carbocycles. The Labute approximate surface area is 146 Å². The number of carbonyl (C=O) groups is 2. The Morgan fingerprint density at radius 2 is 1.23 bits per heavy atom. The standard InChI is InChI=1S/C19H13NO6/c21-15-9-14(10-1-5-12(6-2-10)18(23)24)16(20-17(15)22)11-3-7-13(8-4-11)19(25)26/h1-9,21H,(H,20,22)(H,23,24)(H,25,26). The maximum atomic E-state index is 11.8. The minimum atomic E-state index is -1.07. The summed E-state index contributed by atoms with van der Waals surface area (Å²) in [6, 6.07) is 13.1. The van der Waals surface area contributed by atoms with E-state index in [1.54, 1.807) is 24.3 Å². The third-order valence-electron chi connectivity index (χ3n) is 3.88. The van der Waals surface area contributed by atoms with Crippen LogP contribution in [0.2, 0.25) is 0 Å². The molecule has 26 heavy (non-hydrogen) atoms. The highest BCUT2D eigenvalue weighted by molar-refractivity contribution is 5.90. The number of aromatic carboxylic acids is 2. The van der Waals surface area contributed by atoms with Gasteiger partial charge in [0.1, 0.15) is 0 Å². The number of aromatic hydroxyl groups is 1. The molecule has 0 fully saturated rings. The number of aromatic amines is 1. The van der Waals surface area contributed by atoms with E-state index in [4.69, 9.17) is 10.2 Å². The molecule has 1 heterocycles. The Bertz CT molecular complexity index is 1050. The molecule has 0 aliphatic rings. The van der Waals surface area contributed by atoms with Crippen molar-refractivity contribution in [2.75, 3.05) is 0 Å². The van der Waals surface area contributed by atoms with Crippen LogP contribution in [-0.4, -0.2) is 32.2 Å². The van der Waals surface area contributed by atoms with Gasteiger partial charge in [-0.15, -0.1) is 0 Å². The highest BCUT2D eigenvalue weighted by atomic mass is 16.4. The molecular formula is C19H13NO6. The van der Waals surface area contributed by atoms with Gasteiger partial charge in [0.05, 0.1) is 16.8 Å². The quantitative estimate of drug-likeness (QED) is 0.572. The van der Waals surface area contributed by atoms with Crippen LogP contribution < -0.4 is 5.56 Å². The molecule has 0 aliphatic carbocycles. The molecule has 7 nitrogen and oxygen atoms in total. The van der Waals surface area contributed by atoms with E-state index in [-0.39, 0.29) is 11.1 Å². The average Bonchev–Trinajstić information content (AvgIpc) is 2.63. The topological polar surface area (TPSA) is 128 Å². The Balaban J connectivity index is 2.16. The molecule has 0 spiro atoms. The van der Waals surface area contributed by atoms with Gasteiger partial charge in [-0.3, -0.25) is 4.79 Å². The minimum Gasteiger partial charge on any atom is -0.503 e. The van der Waals surface area contributed by atoms with Crippen LogP contribution in [0.25, 0.3) is 22.4 Å². The molecule has 3 aromatic rings. The van der Waals surface area contributed by atoms with Crippen molar-refractivity contribution in [3.8, 4) is 28.1 Å². The summed E-state index contributed by atoms with van der Waals surface area (Å²) < 4.78 is 0. The summed E-state index contributed by atoms with van der Waals surface area (Å²) in [5.74, 6) is -2.61. The molecule has 0 radical (unpaired) electrons. The molecule has 4 N–H and O–H groups in total. The van der Waals surface area contributed by atoms with E-state index in [0.29, 0.717) is 22.4 Å². The number of rotatable bonds is 4. The van der Waals surface area contributed by atoms with Crippen molar-refractivity contribution in [2.45, 2.75) is 0 Å². The summed E-state index contributed by atoms with van der Waals surface area (Å²) in [4.78, 5) is 36.4. The predicted molar refractivity (Wildman–Crippen MR) is 93.5 cm³/mol. The number of benzene rings is 2. The SMILES string of the molecule is O=C(O)c1ccc(-c2cc(O)c(=O)[nH]c2-c2ccc(C(=O)O)cc2)cc1. The molecule has 7 heteroatoms. The van der Waals surface area contributed by atoms with Gasteiger partial charge in [-0.25, -0.2) is 9.59 Å². The number of nitrogens with one attached hydrogen (secondary N) is 1. The van der Waals surface area contributed by atoms with Crippen LogP contribution in [0.3, 0.4) is 0 Å². The van der Waals surface area contributed by atoms with E-state index in [1.807, 2.05) is 0 Å². The second-order valence-electron chi connectivity index (χ2n) is 5.54. The minimum absolute atomic E-state index is 0.0993. The van der Waals surface area contributed by atoms with Crippen molar-refractivity contribution >= 4 is 11.9 Å². The Morgan fingerprint density at radius 1 is 0.769 bits per heavy atom. The van der Waals surface area contributed by atoms with Crippen molar-refractivity contribution < 1.29 is 24.9 Å². The number of H-pyrrole nitrogens is 1. The van der Waals surface area contributed by atoms with Gasteiger partial charge in [0.2, 0.25) is 0 Å². The van der Waals surface area contributed by atoms with E-state index in [9.17, 15) is 19.5 Å². The lowest BCUT2D eigenvalue weighted by atomic mass is 9.97. The maximum Gasteiger partial charge on any atom is 0.335 e. The molecule has 3 rings (SSSR count). The molecule has 1 aromatic heterocycles. The van der Waals surface area contributed by atoms with Gasteiger partial charge in [0.15, 0.2) is 5.75 Å². The van der Waals surface area contributed by atoms with Crippen LogP contribution in [0.5, 0.6) is 5.75 Å². The van der Waals surface area contributed by atoms with E-state index >= 15 is 0 Å². The zero-order valence-corrected chi connectivity index (χ0v) is 13.3. The summed E-state index contributed by atoms with van der Waals surface area (Å²) in [6.45, 7) is 0. The van der Waals surface area contributed by atoms with Gasteiger partial charge in [0, 0.05) is 5.56 Å². The largest absolute Gasteiger partial charge is 0.503 e. The first kappa shape index (κ1) is 17.0. The molecule has 0 aliphatic heterocycles. The fourth-order valence-corrected chi connectivity index (χ4v) is 2.55. The first-order valence-corrected chi connectivity index (χ1v) is 7.50. The summed E-state index contributed by atoms with van der Waals surface area (Å²) in [7, 11) is 0. The van der Waals surface area contributed by atoms with Crippen LogP contribution in [0.1, 0.15) is 20.7 Å². The van der Waals surface area contributed by atoms with Crippen molar-refractivity contribution in [1.29, 1.82) is 0 Å². The summed E-state index contributed by atoms with van der Waals surface area (Å²) in [5.41, 5.74) is 1.50. The van der Waals surface area contributed by atoms with Gasteiger partial charge in [-0.1, -0.05) is 24.3 Å². The Morgan fingerprint density at radius 3 is 1.69 bits per heavy atom. The second kappa shape index (κ2) is 6.56. The lowest BCUT2D eigenvalue weighted by Gasteiger charge is -2.11. The fraction of sp³-hybridized carbons (Fsp3) is 0. The van der Waals surface area contributed by atoms with E-state index in [2.05, 4.69) is 4.98 Å². The normalized spacial score (nSPS) is 10.5. The maximum absolute atomic E-state index is 11.8. The molecule has 0 amide bonds. The zero-order chi connectivity index (χ0) is 18.8. The Hall–Kier alpha value is -3.87. The Kier molecular flexibility index (Phi) is 4.28. The first-order valence-electron chi connectivity index (χ1n) is 7.50. The molecular weight excluding hydrogens is 338 g/mol. The van der Waals surface area contributed by atoms with E-state index < -0.39 is 23.2 Å². The molecule has 0 bridgehead atoms.